The summed E-state index contributed by atoms with van der Waals surface area (Å²) in [5.41, 5.74) is 0. The van der Waals surface area contributed by atoms with Crippen LogP contribution in [0.4, 0.5) is 4.39 Å². The molecule has 1 atom stereocenters. The molecule has 0 N–H and O–H groups in total. The van der Waals surface area contributed by atoms with Gasteiger partial charge in [-0.2, -0.15) is 0 Å². The Morgan fingerprint density at radius 3 is 3.00 bits per heavy atom. The summed E-state index contributed by atoms with van der Waals surface area (Å²) in [6.45, 7) is 5.85. The van der Waals surface area contributed by atoms with Gasteiger partial charge in [0, 0.05) is 26.2 Å². The van der Waals surface area contributed by atoms with E-state index >= 15 is 0 Å². The zero-order valence-electron chi connectivity index (χ0n) is 7.05. The molecule has 1 saturated heterocycles. The van der Waals surface area contributed by atoms with Crippen LogP contribution in [0.3, 0.4) is 0 Å². The minimum atomic E-state index is -0.600. The lowest BCUT2D eigenvalue weighted by Crippen LogP contribution is -2.25. The van der Waals surface area contributed by atoms with Gasteiger partial charge >= 0.3 is 0 Å². The van der Waals surface area contributed by atoms with Crippen LogP contribution in [-0.2, 0) is 4.74 Å². The third kappa shape index (κ3) is 3.16. The molecule has 0 aromatic heterocycles. The molecule has 1 rings (SSSR count). The van der Waals surface area contributed by atoms with Gasteiger partial charge in [0.15, 0.2) is 0 Å². The van der Waals surface area contributed by atoms with Gasteiger partial charge in [-0.3, -0.25) is 4.90 Å². The maximum atomic E-state index is 12.6. The summed E-state index contributed by atoms with van der Waals surface area (Å²) >= 11 is 0. The first-order chi connectivity index (χ1) is 5.33. The van der Waals surface area contributed by atoms with Crippen molar-refractivity contribution < 1.29 is 9.13 Å². The van der Waals surface area contributed by atoms with E-state index in [1.165, 1.54) is 0 Å². The van der Waals surface area contributed by atoms with Crippen LogP contribution in [0.1, 0.15) is 13.3 Å². The predicted molar refractivity (Wildman–Crippen MR) is 42.4 cm³/mol. The van der Waals surface area contributed by atoms with Gasteiger partial charge in [-0.25, -0.2) is 4.39 Å². The van der Waals surface area contributed by atoms with Gasteiger partial charge in [0.25, 0.3) is 0 Å². The fourth-order valence-electron chi connectivity index (χ4n) is 1.33. The van der Waals surface area contributed by atoms with Gasteiger partial charge in [-0.15, -0.1) is 0 Å². The van der Waals surface area contributed by atoms with Gasteiger partial charge < -0.3 is 4.74 Å². The normalized spacial score (nSPS) is 26.2. The Hall–Kier alpha value is -0.150. The second-order valence-corrected chi connectivity index (χ2v) is 2.88. The fourth-order valence-corrected chi connectivity index (χ4v) is 1.33. The summed E-state index contributed by atoms with van der Waals surface area (Å²) in [7, 11) is 0. The Morgan fingerprint density at radius 2 is 2.45 bits per heavy atom. The standard InChI is InChI=1S/C8H16FNO/c1-2-11-6-5-10-4-3-8(9)7-10/h8H,2-7H2,1H3/t8-/m0/s1. The Balaban J connectivity index is 1.99. The molecule has 0 spiro atoms. The van der Waals surface area contributed by atoms with Crippen molar-refractivity contribution >= 4 is 0 Å². The van der Waals surface area contributed by atoms with E-state index < -0.39 is 6.17 Å². The van der Waals surface area contributed by atoms with Gasteiger partial charge in [-0.1, -0.05) is 0 Å². The fraction of sp³-hybridized carbons (Fsp3) is 1.00. The highest BCUT2D eigenvalue weighted by atomic mass is 19.1. The van der Waals surface area contributed by atoms with E-state index in [1.54, 1.807) is 0 Å². The molecule has 0 saturated carbocycles. The lowest BCUT2D eigenvalue weighted by atomic mass is 10.3. The van der Waals surface area contributed by atoms with Crippen molar-refractivity contribution in [3.63, 3.8) is 0 Å². The molecule has 0 aromatic rings. The molecule has 2 nitrogen and oxygen atoms in total. The smallest absolute Gasteiger partial charge is 0.114 e. The largest absolute Gasteiger partial charge is 0.380 e. The summed E-state index contributed by atoms with van der Waals surface area (Å²) in [5.74, 6) is 0. The van der Waals surface area contributed by atoms with Crippen LogP contribution in [0.25, 0.3) is 0 Å². The van der Waals surface area contributed by atoms with Crippen LogP contribution >= 0.6 is 0 Å². The van der Waals surface area contributed by atoms with Crippen molar-refractivity contribution in [1.29, 1.82) is 0 Å². The third-order valence-electron chi connectivity index (χ3n) is 1.97. The molecule has 0 amide bonds. The lowest BCUT2D eigenvalue weighted by Gasteiger charge is -2.13. The zero-order valence-corrected chi connectivity index (χ0v) is 7.05. The lowest BCUT2D eigenvalue weighted by molar-refractivity contribution is 0.119. The predicted octanol–water partition coefficient (Wildman–Crippen LogP) is 1.07. The van der Waals surface area contributed by atoms with Gasteiger partial charge in [0.2, 0.25) is 0 Å². The molecular formula is C8H16FNO. The highest BCUT2D eigenvalue weighted by Gasteiger charge is 2.20. The van der Waals surface area contributed by atoms with Crippen molar-refractivity contribution in [2.75, 3.05) is 32.8 Å². The summed E-state index contributed by atoms with van der Waals surface area (Å²) < 4.78 is 17.8. The van der Waals surface area contributed by atoms with E-state index in [2.05, 4.69) is 4.90 Å². The Bertz CT molecular complexity index is 110. The molecule has 1 aliphatic rings. The molecule has 0 aliphatic carbocycles. The zero-order chi connectivity index (χ0) is 8.10. The summed E-state index contributed by atoms with van der Waals surface area (Å²) in [6, 6.07) is 0. The number of alkyl halides is 1. The molecule has 1 heterocycles. The second kappa shape index (κ2) is 4.67. The molecule has 3 heteroatoms. The number of rotatable bonds is 4. The van der Waals surface area contributed by atoms with E-state index in [0.29, 0.717) is 13.0 Å². The number of hydrogen-bond donors (Lipinski definition) is 0. The van der Waals surface area contributed by atoms with E-state index in [0.717, 1.165) is 26.3 Å². The van der Waals surface area contributed by atoms with Crippen molar-refractivity contribution in [2.24, 2.45) is 0 Å². The van der Waals surface area contributed by atoms with Gasteiger partial charge in [-0.05, 0) is 13.3 Å². The Morgan fingerprint density at radius 1 is 1.64 bits per heavy atom. The molecule has 0 bridgehead atoms. The number of nitrogens with zero attached hydrogens (tertiary/aromatic N) is 1. The van der Waals surface area contributed by atoms with Crippen molar-refractivity contribution in [3.8, 4) is 0 Å². The van der Waals surface area contributed by atoms with Crippen LogP contribution in [0.5, 0.6) is 0 Å². The summed E-state index contributed by atoms with van der Waals surface area (Å²) in [5, 5.41) is 0. The van der Waals surface area contributed by atoms with Gasteiger partial charge in [0.05, 0.1) is 6.61 Å². The molecule has 0 aromatic carbocycles. The van der Waals surface area contributed by atoms with Crippen LogP contribution in [0.2, 0.25) is 0 Å². The van der Waals surface area contributed by atoms with E-state index in [4.69, 9.17) is 4.74 Å². The minimum absolute atomic E-state index is 0.600. The van der Waals surface area contributed by atoms with Gasteiger partial charge in [0.1, 0.15) is 6.17 Å². The third-order valence-corrected chi connectivity index (χ3v) is 1.97. The number of halogens is 1. The number of likely N-dealkylation sites (tertiary alicyclic amines) is 1. The van der Waals surface area contributed by atoms with Crippen molar-refractivity contribution in [2.45, 2.75) is 19.5 Å². The Kier molecular flexibility index (Phi) is 3.80. The monoisotopic (exact) mass is 161 g/mol. The molecule has 11 heavy (non-hydrogen) atoms. The highest BCUT2D eigenvalue weighted by molar-refractivity contribution is 4.74. The quantitative estimate of drug-likeness (QED) is 0.572. The molecule has 0 radical (unpaired) electrons. The van der Waals surface area contributed by atoms with Crippen LogP contribution in [0.15, 0.2) is 0 Å². The second-order valence-electron chi connectivity index (χ2n) is 2.88. The number of ether oxygens (including phenoxy) is 1. The van der Waals surface area contributed by atoms with E-state index in [1.807, 2.05) is 6.92 Å². The molecule has 1 aliphatic heterocycles. The molecule has 1 fully saturated rings. The van der Waals surface area contributed by atoms with Crippen molar-refractivity contribution in [3.05, 3.63) is 0 Å². The summed E-state index contributed by atoms with van der Waals surface area (Å²) in [6.07, 6.45) is 0.100. The molecule has 66 valence electrons. The highest BCUT2D eigenvalue weighted by Crippen LogP contribution is 2.10. The molecular weight excluding hydrogens is 145 g/mol. The summed E-state index contributed by atoms with van der Waals surface area (Å²) in [4.78, 5) is 2.11. The average molecular weight is 161 g/mol. The Labute approximate surface area is 67.3 Å². The maximum Gasteiger partial charge on any atom is 0.114 e. The van der Waals surface area contributed by atoms with E-state index in [-0.39, 0.29) is 0 Å². The first-order valence-electron chi connectivity index (χ1n) is 4.27. The SMILES string of the molecule is CCOCCN1CC[C@H](F)C1. The van der Waals surface area contributed by atoms with Crippen LogP contribution < -0.4 is 0 Å². The van der Waals surface area contributed by atoms with E-state index in [9.17, 15) is 4.39 Å². The minimum Gasteiger partial charge on any atom is -0.380 e. The van der Waals surface area contributed by atoms with Crippen LogP contribution in [0, 0.1) is 0 Å². The molecule has 0 unspecified atom stereocenters. The van der Waals surface area contributed by atoms with Crippen LogP contribution in [-0.4, -0.2) is 43.9 Å². The average Bonchev–Trinajstić information content (AvgIpc) is 2.37. The van der Waals surface area contributed by atoms with Crippen molar-refractivity contribution in [1.82, 2.24) is 4.90 Å². The maximum absolute atomic E-state index is 12.6. The topological polar surface area (TPSA) is 12.5 Å². The first kappa shape index (κ1) is 8.94. The first-order valence-corrected chi connectivity index (χ1v) is 4.27. The number of hydrogen-bond acceptors (Lipinski definition) is 2.